The van der Waals surface area contributed by atoms with Crippen LogP contribution in [-0.4, -0.2) is 56.9 Å². The molecule has 0 atom stereocenters. The Hall–Kier alpha value is -1.83. The number of hydrogen-bond acceptors (Lipinski definition) is 6. The highest BCUT2D eigenvalue weighted by atomic mass is 32.2. The number of rotatable bonds is 2. The second-order valence-corrected chi connectivity index (χ2v) is 5.40. The van der Waals surface area contributed by atoms with Gasteiger partial charge in [-0.2, -0.15) is 0 Å². The molecule has 2 saturated heterocycles. The Balaban J connectivity index is 1.64. The van der Waals surface area contributed by atoms with E-state index < -0.39 is 0 Å². The van der Waals surface area contributed by atoms with Crippen LogP contribution in [0.3, 0.4) is 0 Å². The lowest BCUT2D eigenvalue weighted by atomic mass is 10.1. The summed E-state index contributed by atoms with van der Waals surface area (Å²) in [5.74, 6) is 0.320. The second-order valence-electron chi connectivity index (χ2n) is 4.48. The Morgan fingerprint density at radius 1 is 1.47 bits per heavy atom. The van der Waals surface area contributed by atoms with Gasteiger partial charge in [-0.05, 0) is 6.92 Å². The molecule has 1 aromatic heterocycles. The van der Waals surface area contributed by atoms with Crippen molar-refractivity contribution in [3.05, 3.63) is 17.5 Å². The maximum Gasteiger partial charge on any atom is 0.289 e. The van der Waals surface area contributed by atoms with E-state index in [-0.39, 0.29) is 28.8 Å². The maximum absolute atomic E-state index is 12.1. The van der Waals surface area contributed by atoms with Crippen LogP contribution in [0.5, 0.6) is 0 Å². The number of aromatic nitrogens is 1. The molecular formula is C11H11N3O4S. The van der Waals surface area contributed by atoms with Gasteiger partial charge in [0.1, 0.15) is 11.3 Å². The van der Waals surface area contributed by atoms with Crippen molar-refractivity contribution in [2.24, 2.45) is 0 Å². The lowest BCUT2D eigenvalue weighted by molar-refractivity contribution is -0.128. The molecule has 0 bridgehead atoms. The third-order valence-corrected chi connectivity index (χ3v) is 4.12. The van der Waals surface area contributed by atoms with Crippen LogP contribution in [0.4, 0.5) is 4.79 Å². The Labute approximate surface area is 112 Å². The summed E-state index contributed by atoms with van der Waals surface area (Å²) in [7, 11) is 0. The first kappa shape index (κ1) is 12.2. The van der Waals surface area contributed by atoms with E-state index in [1.54, 1.807) is 11.8 Å². The average molecular weight is 281 g/mol. The first-order chi connectivity index (χ1) is 9.08. The number of thioether (sulfide) groups is 1. The molecular weight excluding hydrogens is 270 g/mol. The molecule has 1 aromatic rings. The molecule has 3 amide bonds. The second kappa shape index (κ2) is 4.37. The normalized spacial score (nSPS) is 20.1. The van der Waals surface area contributed by atoms with Crippen LogP contribution in [0.15, 0.2) is 10.7 Å². The molecule has 0 radical (unpaired) electrons. The van der Waals surface area contributed by atoms with Crippen LogP contribution in [0.25, 0.3) is 0 Å². The molecule has 0 aliphatic carbocycles. The van der Waals surface area contributed by atoms with Gasteiger partial charge in [0.25, 0.3) is 11.1 Å². The van der Waals surface area contributed by atoms with Crippen LogP contribution in [-0.2, 0) is 4.79 Å². The van der Waals surface area contributed by atoms with E-state index in [1.807, 2.05) is 0 Å². The van der Waals surface area contributed by atoms with Gasteiger partial charge in [0, 0.05) is 13.1 Å². The number of aryl methyl sites for hydroxylation is 1. The van der Waals surface area contributed by atoms with Crippen LogP contribution in [0, 0.1) is 6.92 Å². The van der Waals surface area contributed by atoms with E-state index in [2.05, 4.69) is 5.16 Å². The number of likely N-dealkylation sites (tertiary alicyclic amines) is 1. The number of amides is 3. The van der Waals surface area contributed by atoms with E-state index in [9.17, 15) is 14.4 Å². The molecule has 2 fully saturated rings. The Morgan fingerprint density at radius 2 is 2.21 bits per heavy atom. The van der Waals surface area contributed by atoms with Gasteiger partial charge in [-0.1, -0.05) is 16.9 Å². The van der Waals surface area contributed by atoms with Gasteiger partial charge in [-0.3, -0.25) is 19.3 Å². The fraction of sp³-hybridized carbons (Fsp3) is 0.455. The van der Waals surface area contributed by atoms with Crippen LogP contribution in [0.2, 0.25) is 0 Å². The minimum atomic E-state index is -0.219. The summed E-state index contributed by atoms with van der Waals surface area (Å²) in [5.41, 5.74) is 0.423. The molecule has 7 nitrogen and oxygen atoms in total. The molecule has 19 heavy (non-hydrogen) atoms. The molecule has 3 rings (SSSR count). The van der Waals surface area contributed by atoms with Gasteiger partial charge in [-0.25, -0.2) is 0 Å². The molecule has 2 aliphatic rings. The van der Waals surface area contributed by atoms with Crippen molar-refractivity contribution < 1.29 is 18.9 Å². The quantitative estimate of drug-likeness (QED) is 0.785. The molecule has 0 unspecified atom stereocenters. The summed E-state index contributed by atoms with van der Waals surface area (Å²) in [5, 5.41) is 3.34. The Morgan fingerprint density at radius 3 is 2.74 bits per heavy atom. The predicted molar refractivity (Wildman–Crippen MR) is 65.6 cm³/mol. The topological polar surface area (TPSA) is 83.7 Å². The van der Waals surface area contributed by atoms with Crippen LogP contribution in [0.1, 0.15) is 16.1 Å². The Bertz CT molecular complexity index is 548. The lowest BCUT2D eigenvalue weighted by Gasteiger charge is -2.42. The van der Waals surface area contributed by atoms with Gasteiger partial charge in [0.05, 0.1) is 18.0 Å². The number of carbonyl (C=O) groups excluding carboxylic acids is 3. The molecule has 100 valence electrons. The van der Waals surface area contributed by atoms with E-state index in [1.165, 1.54) is 11.1 Å². The fourth-order valence-corrected chi connectivity index (χ4v) is 2.95. The monoisotopic (exact) mass is 281 g/mol. The van der Waals surface area contributed by atoms with E-state index in [0.29, 0.717) is 24.4 Å². The number of nitrogens with zero attached hydrogens (tertiary/aromatic N) is 3. The summed E-state index contributed by atoms with van der Waals surface area (Å²) in [6.45, 7) is 2.42. The van der Waals surface area contributed by atoms with Crippen molar-refractivity contribution >= 4 is 28.8 Å². The smallest absolute Gasteiger partial charge is 0.289 e. The van der Waals surface area contributed by atoms with Crippen molar-refractivity contribution in [3.8, 4) is 0 Å². The minimum Gasteiger partial charge on any atom is -0.361 e. The van der Waals surface area contributed by atoms with Crippen LogP contribution < -0.4 is 0 Å². The molecule has 0 aromatic carbocycles. The van der Waals surface area contributed by atoms with E-state index in [4.69, 9.17) is 4.52 Å². The van der Waals surface area contributed by atoms with E-state index >= 15 is 0 Å². The number of carbonyl (C=O) groups is 3. The number of hydrogen-bond donors (Lipinski definition) is 0. The largest absolute Gasteiger partial charge is 0.361 e. The summed E-state index contributed by atoms with van der Waals surface area (Å²) in [6.07, 6.45) is 1.38. The zero-order chi connectivity index (χ0) is 13.6. The van der Waals surface area contributed by atoms with Gasteiger partial charge in [0.2, 0.25) is 5.91 Å². The molecule has 8 heteroatoms. The SMILES string of the molecule is Cc1oncc1C(=O)N1CC(N2C(=O)CSC2=O)C1. The van der Waals surface area contributed by atoms with Crippen molar-refractivity contribution in [3.63, 3.8) is 0 Å². The van der Waals surface area contributed by atoms with Crippen LogP contribution >= 0.6 is 11.8 Å². The first-order valence-electron chi connectivity index (χ1n) is 5.77. The average Bonchev–Trinajstić information content (AvgIpc) is 2.87. The summed E-state index contributed by atoms with van der Waals surface area (Å²) in [4.78, 5) is 38.0. The lowest BCUT2D eigenvalue weighted by Crippen LogP contribution is -2.62. The zero-order valence-electron chi connectivity index (χ0n) is 10.2. The van der Waals surface area contributed by atoms with Crippen molar-refractivity contribution in [1.29, 1.82) is 0 Å². The highest BCUT2D eigenvalue weighted by molar-refractivity contribution is 8.14. The predicted octanol–water partition coefficient (Wildman–Crippen LogP) is 0.503. The third kappa shape index (κ3) is 1.92. The van der Waals surface area contributed by atoms with Gasteiger partial charge in [-0.15, -0.1) is 0 Å². The summed E-state index contributed by atoms with van der Waals surface area (Å²) in [6, 6.07) is -0.195. The fourth-order valence-electron chi connectivity index (χ4n) is 2.18. The summed E-state index contributed by atoms with van der Waals surface area (Å²) >= 11 is 1.01. The van der Waals surface area contributed by atoms with Crippen molar-refractivity contribution in [2.45, 2.75) is 13.0 Å². The van der Waals surface area contributed by atoms with E-state index in [0.717, 1.165) is 11.8 Å². The van der Waals surface area contributed by atoms with Gasteiger partial charge in [0.15, 0.2) is 0 Å². The minimum absolute atomic E-state index is 0.173. The molecule has 3 heterocycles. The number of imide groups is 1. The van der Waals surface area contributed by atoms with Gasteiger partial charge < -0.3 is 9.42 Å². The molecule has 0 spiro atoms. The highest BCUT2D eigenvalue weighted by Crippen LogP contribution is 2.27. The standard InChI is InChI=1S/C11H11N3O4S/c1-6-8(2-12-18-6)10(16)13-3-7(4-13)14-9(15)5-19-11(14)17/h2,7H,3-5H2,1H3. The first-order valence-corrected chi connectivity index (χ1v) is 6.76. The molecule has 2 aliphatic heterocycles. The molecule has 0 N–H and O–H groups in total. The summed E-state index contributed by atoms with van der Waals surface area (Å²) < 4.78 is 4.85. The maximum atomic E-state index is 12.1. The van der Waals surface area contributed by atoms with Crippen molar-refractivity contribution in [1.82, 2.24) is 15.0 Å². The zero-order valence-corrected chi connectivity index (χ0v) is 11.0. The molecule has 0 saturated carbocycles. The highest BCUT2D eigenvalue weighted by Gasteiger charge is 2.43. The Kier molecular flexibility index (Phi) is 2.81. The van der Waals surface area contributed by atoms with Crippen molar-refractivity contribution in [2.75, 3.05) is 18.8 Å². The van der Waals surface area contributed by atoms with Gasteiger partial charge >= 0.3 is 0 Å². The third-order valence-electron chi connectivity index (χ3n) is 3.28.